The van der Waals surface area contributed by atoms with Gasteiger partial charge in [-0.25, -0.2) is 0 Å². The molecule has 1 rings (SSSR count). The number of rotatable bonds is 0. The van der Waals surface area contributed by atoms with Gasteiger partial charge in [0, 0.05) is 0 Å². The molecular formula is C6H7O. The average molecular weight is 95.1 g/mol. The number of allylic oxidation sites excluding steroid dienone is 2. The molecule has 7 heavy (non-hydrogen) atoms. The van der Waals surface area contributed by atoms with Crippen molar-refractivity contribution in [3.63, 3.8) is 0 Å². The van der Waals surface area contributed by atoms with Crippen molar-refractivity contribution in [2.45, 2.75) is 6.92 Å². The van der Waals surface area contributed by atoms with E-state index in [-0.39, 0.29) is 0 Å². The largest absolute Gasteiger partial charge is 0.490 e. The summed E-state index contributed by atoms with van der Waals surface area (Å²) in [6.45, 7) is 3.69. The standard InChI is InChI=1S/C6H7O/c1-6-2-4-7-5-3-6/h2-5H,1H3. The molecule has 0 spiro atoms. The molecule has 1 aliphatic heterocycles. The Morgan fingerprint density at radius 3 is 2.71 bits per heavy atom. The van der Waals surface area contributed by atoms with Crippen molar-refractivity contribution >= 4 is 0 Å². The second-order valence-electron chi connectivity index (χ2n) is 1.49. The molecule has 0 aromatic heterocycles. The van der Waals surface area contributed by atoms with Gasteiger partial charge in [0.25, 0.3) is 0 Å². The van der Waals surface area contributed by atoms with E-state index in [0.717, 1.165) is 0 Å². The van der Waals surface area contributed by atoms with Crippen molar-refractivity contribution in [2.75, 3.05) is 0 Å². The zero-order valence-corrected chi connectivity index (χ0v) is 4.22. The Hall–Kier alpha value is -0.720. The topological polar surface area (TPSA) is 9.23 Å². The molecule has 1 heteroatoms. The molecule has 0 aliphatic carbocycles. The minimum Gasteiger partial charge on any atom is -0.490 e. The zero-order valence-electron chi connectivity index (χ0n) is 4.22. The Labute approximate surface area is 43.3 Å². The van der Waals surface area contributed by atoms with E-state index in [1.165, 1.54) is 5.57 Å². The SMILES string of the molecule is CC1=C[CH]OC=C1. The van der Waals surface area contributed by atoms with Gasteiger partial charge in [0.05, 0.1) is 6.26 Å². The van der Waals surface area contributed by atoms with E-state index in [1.54, 1.807) is 12.9 Å². The lowest BCUT2D eigenvalue weighted by Crippen LogP contribution is -1.81. The van der Waals surface area contributed by atoms with Crippen LogP contribution in [0.25, 0.3) is 0 Å². The Bertz CT molecular complexity index is 111. The molecule has 1 nitrogen and oxygen atoms in total. The van der Waals surface area contributed by atoms with Crippen molar-refractivity contribution in [1.82, 2.24) is 0 Å². The third-order valence-electron chi connectivity index (χ3n) is 0.819. The minimum absolute atomic E-state index is 1.23. The molecule has 1 aliphatic rings. The maximum Gasteiger partial charge on any atom is 0.157 e. The molecule has 0 amide bonds. The summed E-state index contributed by atoms with van der Waals surface area (Å²) in [7, 11) is 0. The molecule has 37 valence electrons. The molecule has 0 saturated carbocycles. The van der Waals surface area contributed by atoms with Crippen LogP contribution in [0.2, 0.25) is 0 Å². The molecule has 1 heterocycles. The van der Waals surface area contributed by atoms with Crippen LogP contribution in [0.15, 0.2) is 24.0 Å². The summed E-state index contributed by atoms with van der Waals surface area (Å²) in [5.41, 5.74) is 1.23. The molecule has 0 bridgehead atoms. The van der Waals surface area contributed by atoms with Crippen LogP contribution in [0.3, 0.4) is 0 Å². The quantitative estimate of drug-likeness (QED) is 0.444. The van der Waals surface area contributed by atoms with Gasteiger partial charge >= 0.3 is 0 Å². The number of ether oxygens (including phenoxy) is 1. The van der Waals surface area contributed by atoms with E-state index in [9.17, 15) is 0 Å². The lowest BCUT2D eigenvalue weighted by Gasteiger charge is -1.99. The first-order valence-electron chi connectivity index (χ1n) is 2.22. The van der Waals surface area contributed by atoms with Crippen molar-refractivity contribution in [1.29, 1.82) is 0 Å². The predicted octanol–water partition coefficient (Wildman–Crippen LogP) is 1.64. The summed E-state index contributed by atoms with van der Waals surface area (Å²) in [4.78, 5) is 0. The van der Waals surface area contributed by atoms with E-state index >= 15 is 0 Å². The molecule has 0 aromatic carbocycles. The maximum absolute atomic E-state index is 4.76. The highest BCUT2D eigenvalue weighted by Crippen LogP contribution is 2.03. The fourth-order valence-corrected chi connectivity index (χ4v) is 0.394. The van der Waals surface area contributed by atoms with E-state index in [2.05, 4.69) is 0 Å². The smallest absolute Gasteiger partial charge is 0.157 e. The number of hydrogen-bond donors (Lipinski definition) is 0. The van der Waals surface area contributed by atoms with Crippen LogP contribution < -0.4 is 0 Å². The normalized spacial score (nSPS) is 18.1. The van der Waals surface area contributed by atoms with Gasteiger partial charge < -0.3 is 4.74 Å². The summed E-state index contributed by atoms with van der Waals surface area (Å²) < 4.78 is 4.76. The van der Waals surface area contributed by atoms with Crippen LogP contribution in [0.1, 0.15) is 6.92 Å². The molecule has 0 saturated heterocycles. The lowest BCUT2D eigenvalue weighted by molar-refractivity contribution is 0.352. The monoisotopic (exact) mass is 95.0 g/mol. The Morgan fingerprint density at radius 2 is 2.43 bits per heavy atom. The first-order valence-corrected chi connectivity index (χ1v) is 2.22. The molecule has 0 N–H and O–H groups in total. The average Bonchev–Trinajstić information content (AvgIpc) is 1.69. The Balaban J connectivity index is 2.58. The van der Waals surface area contributed by atoms with Crippen LogP contribution in [0, 0.1) is 6.61 Å². The fraction of sp³-hybridized carbons (Fsp3) is 0.167. The second-order valence-corrected chi connectivity index (χ2v) is 1.49. The first-order chi connectivity index (χ1) is 3.39. The lowest BCUT2D eigenvalue weighted by atomic mass is 10.3. The van der Waals surface area contributed by atoms with E-state index in [1.807, 2.05) is 19.1 Å². The van der Waals surface area contributed by atoms with E-state index in [0.29, 0.717) is 0 Å². The Morgan fingerprint density at radius 1 is 1.57 bits per heavy atom. The predicted molar refractivity (Wildman–Crippen MR) is 28.3 cm³/mol. The zero-order chi connectivity index (χ0) is 5.11. The summed E-state index contributed by atoms with van der Waals surface area (Å²) >= 11 is 0. The van der Waals surface area contributed by atoms with Crippen molar-refractivity contribution < 1.29 is 4.74 Å². The fourth-order valence-electron chi connectivity index (χ4n) is 0.394. The van der Waals surface area contributed by atoms with Crippen LogP contribution >= 0.6 is 0 Å². The Kier molecular flexibility index (Phi) is 1.16. The summed E-state index contributed by atoms with van der Waals surface area (Å²) in [6, 6.07) is 0. The van der Waals surface area contributed by atoms with Crippen LogP contribution in [0.5, 0.6) is 0 Å². The van der Waals surface area contributed by atoms with Crippen molar-refractivity contribution in [3.8, 4) is 0 Å². The van der Waals surface area contributed by atoms with Gasteiger partial charge in [0.1, 0.15) is 0 Å². The van der Waals surface area contributed by atoms with Crippen LogP contribution in [-0.4, -0.2) is 0 Å². The van der Waals surface area contributed by atoms with Crippen LogP contribution in [-0.2, 0) is 4.74 Å². The molecule has 0 fully saturated rings. The van der Waals surface area contributed by atoms with Gasteiger partial charge in [-0.3, -0.25) is 0 Å². The van der Waals surface area contributed by atoms with E-state index in [4.69, 9.17) is 4.74 Å². The van der Waals surface area contributed by atoms with Gasteiger partial charge in [0.2, 0.25) is 0 Å². The minimum atomic E-state index is 1.23. The van der Waals surface area contributed by atoms with Gasteiger partial charge in [-0.1, -0.05) is 0 Å². The summed E-state index contributed by atoms with van der Waals surface area (Å²) in [5.74, 6) is 0. The van der Waals surface area contributed by atoms with E-state index < -0.39 is 0 Å². The highest BCUT2D eigenvalue weighted by Gasteiger charge is 1.86. The molecular weight excluding hydrogens is 88.1 g/mol. The van der Waals surface area contributed by atoms with Gasteiger partial charge in [-0.2, -0.15) is 0 Å². The third-order valence-corrected chi connectivity index (χ3v) is 0.819. The first kappa shape index (κ1) is 4.44. The van der Waals surface area contributed by atoms with Gasteiger partial charge in [-0.15, -0.1) is 0 Å². The molecule has 0 aromatic rings. The third kappa shape index (κ3) is 1.07. The molecule has 0 unspecified atom stereocenters. The van der Waals surface area contributed by atoms with Crippen molar-refractivity contribution in [2.24, 2.45) is 0 Å². The van der Waals surface area contributed by atoms with Gasteiger partial charge in [0.15, 0.2) is 6.61 Å². The second kappa shape index (κ2) is 1.82. The summed E-state index contributed by atoms with van der Waals surface area (Å²) in [5, 5.41) is 0. The van der Waals surface area contributed by atoms with Crippen LogP contribution in [0.4, 0.5) is 0 Å². The maximum atomic E-state index is 4.76. The highest BCUT2D eigenvalue weighted by molar-refractivity contribution is 5.19. The molecule has 0 atom stereocenters. The van der Waals surface area contributed by atoms with Gasteiger partial charge in [-0.05, 0) is 24.6 Å². The highest BCUT2D eigenvalue weighted by atomic mass is 16.5. The molecule has 1 radical (unpaired) electrons. The number of hydrogen-bond acceptors (Lipinski definition) is 1. The summed E-state index contributed by atoms with van der Waals surface area (Å²) in [6.07, 6.45) is 5.50. The van der Waals surface area contributed by atoms with Crippen molar-refractivity contribution in [3.05, 3.63) is 30.6 Å².